The Morgan fingerprint density at radius 1 is 1.53 bits per heavy atom. The number of carbonyl (C=O) groups excluding carboxylic acids is 1. The van der Waals surface area contributed by atoms with E-state index in [4.69, 9.17) is 4.74 Å². The van der Waals surface area contributed by atoms with Crippen molar-refractivity contribution in [1.29, 1.82) is 0 Å². The normalized spacial score (nSPS) is 15.4. The van der Waals surface area contributed by atoms with Crippen LogP contribution < -0.4 is 0 Å². The Balaban J connectivity index is 2.74. The van der Waals surface area contributed by atoms with Crippen LogP contribution in [0.1, 0.15) is 38.7 Å². The first kappa shape index (κ1) is 14.7. The van der Waals surface area contributed by atoms with Crippen LogP contribution in [-0.4, -0.2) is 16.7 Å². The van der Waals surface area contributed by atoms with Gasteiger partial charge in [-0.05, 0) is 55.1 Å². The summed E-state index contributed by atoms with van der Waals surface area (Å²) in [5.41, 5.74) is -0.530. The van der Waals surface area contributed by atoms with Gasteiger partial charge in [0, 0.05) is 9.35 Å². The zero-order valence-corrected chi connectivity index (χ0v) is 12.8. The van der Waals surface area contributed by atoms with E-state index in [9.17, 15) is 9.90 Å². The van der Waals surface area contributed by atoms with Crippen LogP contribution in [0.25, 0.3) is 0 Å². The Hall–Kier alpha value is -0.390. The van der Waals surface area contributed by atoms with E-state index in [2.05, 4.69) is 15.9 Å². The minimum Gasteiger partial charge on any atom is -0.460 e. The van der Waals surface area contributed by atoms with Gasteiger partial charge in [-0.3, -0.25) is 4.79 Å². The van der Waals surface area contributed by atoms with E-state index in [1.54, 1.807) is 6.92 Å². The van der Waals surface area contributed by atoms with Gasteiger partial charge in [-0.1, -0.05) is 0 Å². The fourth-order valence-electron chi connectivity index (χ4n) is 1.27. The second-order valence-corrected chi connectivity index (χ2v) is 6.70. The highest BCUT2D eigenvalue weighted by Gasteiger charge is 2.29. The highest BCUT2D eigenvalue weighted by Crippen LogP contribution is 2.34. The molecule has 2 unspecified atom stereocenters. The summed E-state index contributed by atoms with van der Waals surface area (Å²) in [6, 6.07) is 1.85. The lowest BCUT2D eigenvalue weighted by Gasteiger charge is -2.24. The topological polar surface area (TPSA) is 46.5 Å². The molecular weight excluding hydrogens is 304 g/mol. The van der Waals surface area contributed by atoms with Gasteiger partial charge in [-0.15, -0.1) is 11.3 Å². The predicted octanol–water partition coefficient (Wildman–Crippen LogP) is 3.52. The molecule has 0 radical (unpaired) electrons. The maximum atomic E-state index is 11.8. The quantitative estimate of drug-likeness (QED) is 0.867. The zero-order valence-electron chi connectivity index (χ0n) is 10.4. The van der Waals surface area contributed by atoms with Gasteiger partial charge in [0.1, 0.15) is 11.7 Å². The molecule has 3 nitrogen and oxygen atoms in total. The molecule has 0 bridgehead atoms. The molecule has 1 aromatic rings. The second kappa shape index (κ2) is 5.50. The van der Waals surface area contributed by atoms with Gasteiger partial charge in [-0.25, -0.2) is 0 Å². The molecule has 1 heterocycles. The number of esters is 1. The number of aliphatic hydroxyl groups is 1. The maximum absolute atomic E-state index is 11.8. The Morgan fingerprint density at radius 3 is 2.53 bits per heavy atom. The molecule has 0 aromatic carbocycles. The van der Waals surface area contributed by atoms with Gasteiger partial charge in [0.15, 0.2) is 0 Å². The average molecular weight is 321 g/mol. The molecule has 0 aliphatic heterocycles. The summed E-state index contributed by atoms with van der Waals surface area (Å²) in [5.74, 6) is -0.963. The summed E-state index contributed by atoms with van der Waals surface area (Å²) in [5, 5.41) is 12.0. The molecule has 0 saturated carbocycles. The molecule has 0 amide bonds. The number of thiophene rings is 1. The van der Waals surface area contributed by atoms with E-state index in [1.165, 1.54) is 11.3 Å². The van der Waals surface area contributed by atoms with E-state index in [1.807, 2.05) is 32.2 Å². The van der Waals surface area contributed by atoms with Crippen molar-refractivity contribution in [3.8, 4) is 0 Å². The summed E-state index contributed by atoms with van der Waals surface area (Å²) < 4.78 is 6.07. The van der Waals surface area contributed by atoms with Crippen molar-refractivity contribution < 1.29 is 14.6 Å². The van der Waals surface area contributed by atoms with E-state index < -0.39 is 17.6 Å². The number of rotatable bonds is 3. The zero-order chi connectivity index (χ0) is 13.2. The Bertz CT molecular complexity index is 395. The van der Waals surface area contributed by atoms with Gasteiger partial charge in [0.2, 0.25) is 0 Å². The standard InChI is InChI=1S/C12H17BrO3S/c1-7(11(15)16-12(2,3)4)9(14)10-8(13)5-6-17-10/h5-7,9,14H,1-4H3. The number of aliphatic hydroxyl groups excluding tert-OH is 1. The molecule has 0 saturated heterocycles. The molecule has 17 heavy (non-hydrogen) atoms. The number of ether oxygens (including phenoxy) is 1. The van der Waals surface area contributed by atoms with Crippen LogP contribution >= 0.6 is 27.3 Å². The summed E-state index contributed by atoms with van der Waals surface area (Å²) in [4.78, 5) is 12.6. The van der Waals surface area contributed by atoms with Crippen molar-refractivity contribution in [3.05, 3.63) is 20.8 Å². The summed E-state index contributed by atoms with van der Waals surface area (Å²) in [7, 11) is 0. The van der Waals surface area contributed by atoms with Crippen molar-refractivity contribution in [2.45, 2.75) is 39.4 Å². The molecule has 1 rings (SSSR count). The predicted molar refractivity (Wildman–Crippen MR) is 72.0 cm³/mol. The third kappa shape index (κ3) is 4.08. The third-order valence-corrected chi connectivity index (χ3v) is 4.11. The van der Waals surface area contributed by atoms with Crippen LogP contribution in [0.5, 0.6) is 0 Å². The van der Waals surface area contributed by atoms with Gasteiger partial charge in [0.25, 0.3) is 0 Å². The SMILES string of the molecule is CC(C(=O)OC(C)(C)C)C(O)c1sccc1Br. The minimum atomic E-state index is -0.834. The summed E-state index contributed by atoms with van der Waals surface area (Å²) in [6.07, 6.45) is -0.834. The van der Waals surface area contributed by atoms with Crippen molar-refractivity contribution in [1.82, 2.24) is 0 Å². The van der Waals surface area contributed by atoms with E-state index in [0.29, 0.717) is 0 Å². The van der Waals surface area contributed by atoms with Crippen LogP contribution in [0.4, 0.5) is 0 Å². The smallest absolute Gasteiger partial charge is 0.312 e. The fraction of sp³-hybridized carbons (Fsp3) is 0.583. The van der Waals surface area contributed by atoms with Gasteiger partial charge in [0.05, 0.1) is 5.92 Å². The summed E-state index contributed by atoms with van der Waals surface area (Å²) in [6.45, 7) is 7.10. The minimum absolute atomic E-state index is 0.384. The second-order valence-electron chi connectivity index (χ2n) is 4.90. The molecular formula is C12H17BrO3S. The molecule has 96 valence electrons. The number of carbonyl (C=O) groups is 1. The third-order valence-electron chi connectivity index (χ3n) is 2.17. The first-order valence-corrected chi connectivity index (χ1v) is 7.03. The fourth-order valence-corrected chi connectivity index (χ4v) is 2.96. The maximum Gasteiger partial charge on any atom is 0.312 e. The molecule has 1 aromatic heterocycles. The molecule has 0 aliphatic rings. The molecule has 0 aliphatic carbocycles. The van der Waals surface area contributed by atoms with Gasteiger partial charge in [-0.2, -0.15) is 0 Å². The number of hydrogen-bond donors (Lipinski definition) is 1. The first-order valence-electron chi connectivity index (χ1n) is 5.36. The molecule has 5 heteroatoms. The number of halogens is 1. The van der Waals surface area contributed by atoms with E-state index in [-0.39, 0.29) is 5.97 Å². The Labute approximate surface area is 114 Å². The average Bonchev–Trinajstić information content (AvgIpc) is 2.59. The summed E-state index contributed by atoms with van der Waals surface area (Å²) >= 11 is 4.76. The van der Waals surface area contributed by atoms with E-state index in [0.717, 1.165) is 9.35 Å². The van der Waals surface area contributed by atoms with Crippen molar-refractivity contribution in [2.75, 3.05) is 0 Å². The van der Waals surface area contributed by atoms with Crippen molar-refractivity contribution in [3.63, 3.8) is 0 Å². The van der Waals surface area contributed by atoms with Crippen LogP contribution in [0.15, 0.2) is 15.9 Å². The lowest BCUT2D eigenvalue weighted by Crippen LogP contribution is -2.30. The highest BCUT2D eigenvalue weighted by molar-refractivity contribution is 9.10. The molecule has 1 N–H and O–H groups in total. The Morgan fingerprint density at radius 2 is 2.12 bits per heavy atom. The Kier molecular flexibility index (Phi) is 4.75. The van der Waals surface area contributed by atoms with Crippen LogP contribution in [0.3, 0.4) is 0 Å². The van der Waals surface area contributed by atoms with Crippen molar-refractivity contribution >= 4 is 33.2 Å². The molecule has 0 spiro atoms. The van der Waals surface area contributed by atoms with Crippen LogP contribution in [0.2, 0.25) is 0 Å². The number of hydrogen-bond acceptors (Lipinski definition) is 4. The van der Waals surface area contributed by atoms with Gasteiger partial charge >= 0.3 is 5.97 Å². The first-order chi connectivity index (χ1) is 7.72. The largest absolute Gasteiger partial charge is 0.460 e. The van der Waals surface area contributed by atoms with Gasteiger partial charge < -0.3 is 9.84 Å². The van der Waals surface area contributed by atoms with Crippen molar-refractivity contribution in [2.24, 2.45) is 5.92 Å². The molecule has 0 fully saturated rings. The van der Waals surface area contributed by atoms with E-state index >= 15 is 0 Å². The molecule has 2 atom stereocenters. The lowest BCUT2D eigenvalue weighted by molar-refractivity contribution is -0.163. The lowest BCUT2D eigenvalue weighted by atomic mass is 10.0. The highest BCUT2D eigenvalue weighted by atomic mass is 79.9. The van der Waals surface area contributed by atoms with Crippen LogP contribution in [0, 0.1) is 5.92 Å². The van der Waals surface area contributed by atoms with Crippen LogP contribution in [-0.2, 0) is 9.53 Å². The monoisotopic (exact) mass is 320 g/mol.